The molecule has 1 aromatic heterocycles. The summed E-state index contributed by atoms with van der Waals surface area (Å²) in [4.78, 5) is 1.21. The minimum atomic E-state index is -4.60. The van der Waals surface area contributed by atoms with E-state index in [4.69, 9.17) is 0 Å². The summed E-state index contributed by atoms with van der Waals surface area (Å²) in [5, 5.41) is 0.361. The predicted molar refractivity (Wildman–Crippen MR) is 173 cm³/mol. The van der Waals surface area contributed by atoms with E-state index in [0.717, 1.165) is 24.7 Å². The quantitative estimate of drug-likeness (QED) is 0.153. The second kappa shape index (κ2) is 11.3. The van der Waals surface area contributed by atoms with Crippen molar-refractivity contribution in [2.24, 2.45) is 0 Å². The zero-order chi connectivity index (χ0) is 29.7. The second-order valence-corrected chi connectivity index (χ2v) is 20.7. The van der Waals surface area contributed by atoms with Gasteiger partial charge in [0.05, 0.1) is 29.5 Å². The van der Waals surface area contributed by atoms with Crippen molar-refractivity contribution in [3.63, 3.8) is 0 Å². The number of hydrogen-bond donors (Lipinski definition) is 0. The van der Waals surface area contributed by atoms with Crippen molar-refractivity contribution in [1.82, 2.24) is 0 Å². The van der Waals surface area contributed by atoms with Crippen LogP contribution in [-0.2, 0) is 29.5 Å². The number of fused-ring (bicyclic) bond motifs is 3. The Kier molecular flexibility index (Phi) is 8.04. The molecule has 0 amide bonds. The first-order valence-corrected chi connectivity index (χ1v) is 20.8. The highest BCUT2D eigenvalue weighted by molar-refractivity contribution is 8.29. The molecule has 0 bridgehead atoms. The molecule has 3 aromatic carbocycles. The number of rotatable bonds is 7. The molecule has 6 nitrogen and oxygen atoms in total. The van der Waals surface area contributed by atoms with Crippen molar-refractivity contribution in [3.8, 4) is 4.90 Å². The first kappa shape index (κ1) is 29.8. The molecule has 2 aliphatic rings. The molecule has 0 N–H and O–H groups in total. The lowest BCUT2D eigenvalue weighted by Gasteiger charge is -2.39. The zero-order valence-corrected chi connectivity index (χ0v) is 26.9. The maximum absolute atomic E-state index is 14.0. The molecule has 0 saturated heterocycles. The molecule has 0 radical (unpaired) electrons. The molecule has 224 valence electrons. The van der Waals surface area contributed by atoms with Crippen molar-refractivity contribution in [1.29, 1.82) is 0 Å². The maximum atomic E-state index is 14.0. The van der Waals surface area contributed by atoms with Gasteiger partial charge in [0.2, 0.25) is 0 Å². The van der Waals surface area contributed by atoms with E-state index in [2.05, 4.69) is 48.5 Å². The number of sulfone groups is 3. The third-order valence-electron chi connectivity index (χ3n) is 8.90. The smallest absolute Gasteiger partial charge is 0.188 e. The van der Waals surface area contributed by atoms with Gasteiger partial charge in [0.1, 0.15) is 0 Å². The molecule has 1 heterocycles. The Hall–Kier alpha value is -2.27. The SMILES string of the molecule is CS(=O)(=O)[C-](S(=O)(=O)C1CCCCC1)S(=O)(=O)C1CCCC(c2ccc3c4ccccc4[s+](-c4ccccc4)c3c2)C1. The topological polar surface area (TPSA) is 102 Å². The average Bonchev–Trinajstić information content (AvgIpc) is 3.31. The molecule has 2 saturated carbocycles. The summed E-state index contributed by atoms with van der Waals surface area (Å²) < 4.78 is 82.1. The van der Waals surface area contributed by atoms with Crippen LogP contribution in [-0.4, -0.2) is 42.0 Å². The van der Waals surface area contributed by atoms with Gasteiger partial charge in [-0.3, -0.25) is 25.3 Å². The predicted octanol–water partition coefficient (Wildman–Crippen LogP) is 7.41. The van der Waals surface area contributed by atoms with Crippen LogP contribution in [0.15, 0.2) is 72.8 Å². The molecule has 2 fully saturated rings. The fourth-order valence-corrected chi connectivity index (χ4v) is 18.1. The highest BCUT2D eigenvalue weighted by Gasteiger charge is 2.43. The summed E-state index contributed by atoms with van der Waals surface area (Å²) >= 11 is 0. The second-order valence-electron chi connectivity index (χ2n) is 11.7. The molecule has 0 spiro atoms. The van der Waals surface area contributed by atoms with Gasteiger partial charge in [-0.15, -0.1) is 0 Å². The van der Waals surface area contributed by atoms with Crippen LogP contribution in [0.2, 0.25) is 0 Å². The Bertz CT molecular complexity index is 1940. The monoisotopic (exact) mass is 644 g/mol. The molecule has 4 aromatic rings. The van der Waals surface area contributed by atoms with Crippen LogP contribution in [0.5, 0.6) is 0 Å². The zero-order valence-electron chi connectivity index (χ0n) is 23.6. The fraction of sp³-hybridized carbons (Fsp3) is 0.406. The van der Waals surface area contributed by atoms with Gasteiger partial charge < -0.3 is 0 Å². The lowest BCUT2D eigenvalue weighted by atomic mass is 9.83. The van der Waals surface area contributed by atoms with Crippen LogP contribution in [0.3, 0.4) is 0 Å². The first-order valence-electron chi connectivity index (χ1n) is 14.6. The lowest BCUT2D eigenvalue weighted by Crippen LogP contribution is -2.42. The molecular formula is C32H36O6S4. The van der Waals surface area contributed by atoms with E-state index in [1.54, 1.807) is 0 Å². The van der Waals surface area contributed by atoms with E-state index in [0.29, 0.717) is 32.1 Å². The van der Waals surface area contributed by atoms with Gasteiger partial charge in [-0.2, -0.15) is 0 Å². The van der Waals surface area contributed by atoms with Crippen LogP contribution in [0.4, 0.5) is 0 Å². The van der Waals surface area contributed by atoms with Gasteiger partial charge in [0, 0.05) is 48.0 Å². The number of benzene rings is 3. The van der Waals surface area contributed by atoms with Crippen LogP contribution in [0, 0.1) is 3.91 Å². The first-order chi connectivity index (χ1) is 20.0. The van der Waals surface area contributed by atoms with Crippen LogP contribution >= 0.6 is 10.5 Å². The van der Waals surface area contributed by atoms with Gasteiger partial charge in [-0.25, -0.2) is 0 Å². The third-order valence-corrected chi connectivity index (χ3v) is 20.0. The summed E-state index contributed by atoms with van der Waals surface area (Å²) in [5.74, 6) is -0.119. The molecule has 3 atom stereocenters. The van der Waals surface area contributed by atoms with E-state index >= 15 is 0 Å². The van der Waals surface area contributed by atoms with Gasteiger partial charge in [-0.1, -0.05) is 62.1 Å². The number of thiophene rings is 1. The standard InChI is InChI=1S/C32H36O6S4/c1-40(33,34)32(41(35,36)26-14-6-3-7-15-26)42(37,38)27-16-10-11-23(21-27)24-19-20-29-28-17-8-9-18-30(28)39(31(29)22-24)25-12-4-2-5-13-25/h2,4-5,8-9,12-13,17-20,22-23,26-27H,3,6-7,10-11,14-16,21H2,1H3. The van der Waals surface area contributed by atoms with Gasteiger partial charge in [-0.05, 0) is 73.9 Å². The van der Waals surface area contributed by atoms with E-state index in [1.807, 2.05) is 24.3 Å². The third kappa shape index (κ3) is 5.33. The summed E-state index contributed by atoms with van der Waals surface area (Å²) in [6.07, 6.45) is 5.29. The summed E-state index contributed by atoms with van der Waals surface area (Å²) in [6.45, 7) is 0. The maximum Gasteiger partial charge on any atom is 0.188 e. The molecule has 0 aliphatic heterocycles. The van der Waals surface area contributed by atoms with E-state index in [-0.39, 0.29) is 29.2 Å². The lowest BCUT2D eigenvalue weighted by molar-refractivity contribution is 0.436. The van der Waals surface area contributed by atoms with Crippen LogP contribution < -0.4 is 0 Å². The average molecular weight is 645 g/mol. The van der Waals surface area contributed by atoms with E-state index < -0.39 is 43.9 Å². The molecule has 2 aliphatic carbocycles. The normalized spacial score (nSPS) is 21.7. The van der Waals surface area contributed by atoms with Gasteiger partial charge in [0.25, 0.3) is 0 Å². The Morgan fingerprint density at radius 3 is 1.98 bits per heavy atom. The van der Waals surface area contributed by atoms with E-state index in [1.165, 1.54) is 25.1 Å². The summed E-state index contributed by atoms with van der Waals surface area (Å²) in [7, 11) is -13.9. The highest BCUT2D eigenvalue weighted by Crippen LogP contribution is 2.50. The molecule has 6 rings (SSSR count). The fourth-order valence-electron chi connectivity index (χ4n) is 6.94. The Balaban J connectivity index is 1.38. The molecule has 42 heavy (non-hydrogen) atoms. The number of hydrogen-bond acceptors (Lipinski definition) is 6. The Labute approximate surface area is 251 Å². The summed E-state index contributed by atoms with van der Waals surface area (Å²) in [5.41, 5.74) is 1.02. The minimum absolute atomic E-state index is 0.119. The minimum Gasteiger partial charge on any atom is -0.260 e. The molecule has 10 heteroatoms. The Morgan fingerprint density at radius 2 is 1.26 bits per heavy atom. The largest absolute Gasteiger partial charge is 0.260 e. The molecular weight excluding hydrogens is 609 g/mol. The van der Waals surface area contributed by atoms with Crippen LogP contribution in [0.25, 0.3) is 25.1 Å². The Morgan fingerprint density at radius 1 is 0.643 bits per heavy atom. The van der Waals surface area contributed by atoms with Crippen molar-refractivity contribution in [2.45, 2.75) is 74.2 Å². The van der Waals surface area contributed by atoms with Crippen molar-refractivity contribution >= 4 is 60.2 Å². The molecule has 3 unspecified atom stereocenters. The van der Waals surface area contributed by atoms with Crippen molar-refractivity contribution in [2.75, 3.05) is 6.26 Å². The van der Waals surface area contributed by atoms with E-state index in [9.17, 15) is 25.3 Å². The van der Waals surface area contributed by atoms with Gasteiger partial charge in [0.15, 0.2) is 14.3 Å². The highest BCUT2D eigenvalue weighted by atomic mass is 32.3. The van der Waals surface area contributed by atoms with Crippen molar-refractivity contribution in [3.05, 3.63) is 82.3 Å². The van der Waals surface area contributed by atoms with Crippen LogP contribution in [0.1, 0.15) is 69.3 Å². The van der Waals surface area contributed by atoms with Gasteiger partial charge >= 0.3 is 0 Å². The summed E-state index contributed by atoms with van der Waals surface area (Å²) in [6, 6.07) is 25.2. The van der Waals surface area contributed by atoms with Crippen molar-refractivity contribution < 1.29 is 25.3 Å².